The quantitative estimate of drug-likeness (QED) is 0.887. The molecule has 0 aliphatic carbocycles. The van der Waals surface area contributed by atoms with Crippen LogP contribution in [-0.2, 0) is 10.0 Å². The lowest BCUT2D eigenvalue weighted by atomic mass is 10.3. The minimum absolute atomic E-state index is 0.0325. The highest BCUT2D eigenvalue weighted by Gasteiger charge is 2.16. The van der Waals surface area contributed by atoms with Gasteiger partial charge in [-0.2, -0.15) is 0 Å². The first kappa shape index (κ1) is 15.1. The van der Waals surface area contributed by atoms with Crippen LogP contribution >= 0.6 is 27.5 Å². The average molecular weight is 378 g/mol. The molecule has 0 spiro atoms. The molecule has 0 radical (unpaired) electrons. The van der Waals surface area contributed by atoms with Crippen LogP contribution in [0.5, 0.6) is 5.75 Å². The molecule has 0 aliphatic heterocycles. The number of halogens is 2. The zero-order chi connectivity index (χ0) is 14.8. The second kappa shape index (κ2) is 5.99. The Morgan fingerprint density at radius 2 is 2.05 bits per heavy atom. The molecule has 0 saturated carbocycles. The molecule has 20 heavy (non-hydrogen) atoms. The lowest BCUT2D eigenvalue weighted by Crippen LogP contribution is -2.13. The number of hydrogen-bond acceptors (Lipinski definition) is 4. The van der Waals surface area contributed by atoms with Crippen LogP contribution in [-0.4, -0.2) is 20.5 Å². The van der Waals surface area contributed by atoms with Crippen LogP contribution in [0.1, 0.15) is 0 Å². The van der Waals surface area contributed by atoms with Crippen LogP contribution in [0.2, 0.25) is 5.02 Å². The van der Waals surface area contributed by atoms with Gasteiger partial charge in [0.25, 0.3) is 10.0 Å². The predicted molar refractivity (Wildman–Crippen MR) is 80.7 cm³/mol. The molecule has 0 fully saturated rings. The number of anilines is 1. The third kappa shape index (κ3) is 3.41. The monoisotopic (exact) mass is 376 g/mol. The fraction of sp³-hybridized carbons (Fsp3) is 0.0833. The van der Waals surface area contributed by atoms with E-state index < -0.39 is 10.0 Å². The van der Waals surface area contributed by atoms with E-state index in [0.29, 0.717) is 5.75 Å². The number of benzene rings is 1. The summed E-state index contributed by atoms with van der Waals surface area (Å²) in [5.41, 5.74) is 0. The van der Waals surface area contributed by atoms with Gasteiger partial charge in [0.15, 0.2) is 0 Å². The lowest BCUT2D eigenvalue weighted by Gasteiger charge is -2.09. The fourth-order valence-corrected chi connectivity index (χ4v) is 3.15. The summed E-state index contributed by atoms with van der Waals surface area (Å²) in [4.78, 5) is 3.96. The van der Waals surface area contributed by atoms with E-state index in [-0.39, 0.29) is 15.7 Å². The third-order valence-electron chi connectivity index (χ3n) is 2.39. The van der Waals surface area contributed by atoms with Crippen LogP contribution < -0.4 is 9.46 Å². The number of ether oxygens (including phenoxy) is 1. The summed E-state index contributed by atoms with van der Waals surface area (Å²) in [6, 6.07) is 7.47. The van der Waals surface area contributed by atoms with Crippen molar-refractivity contribution in [2.45, 2.75) is 4.90 Å². The molecule has 0 aliphatic rings. The first-order valence-corrected chi connectivity index (χ1v) is 8.06. The lowest BCUT2D eigenvalue weighted by molar-refractivity contribution is 0.414. The highest BCUT2D eigenvalue weighted by molar-refractivity contribution is 9.10. The van der Waals surface area contributed by atoms with Crippen molar-refractivity contribution in [1.82, 2.24) is 4.98 Å². The number of methoxy groups -OCH3 is 1. The van der Waals surface area contributed by atoms with E-state index in [0.717, 1.165) is 4.47 Å². The van der Waals surface area contributed by atoms with Crippen molar-refractivity contribution >= 4 is 43.4 Å². The van der Waals surface area contributed by atoms with Gasteiger partial charge in [-0.1, -0.05) is 27.5 Å². The largest absolute Gasteiger partial charge is 0.495 e. The van der Waals surface area contributed by atoms with Gasteiger partial charge in [-0.15, -0.1) is 0 Å². The molecule has 1 aromatic heterocycles. The normalized spacial score (nSPS) is 11.2. The van der Waals surface area contributed by atoms with Gasteiger partial charge in [0.2, 0.25) is 0 Å². The summed E-state index contributed by atoms with van der Waals surface area (Å²) >= 11 is 9.17. The van der Waals surface area contributed by atoms with Gasteiger partial charge in [0, 0.05) is 10.7 Å². The highest BCUT2D eigenvalue weighted by atomic mass is 79.9. The maximum Gasteiger partial charge on any atom is 0.263 e. The Morgan fingerprint density at radius 3 is 2.65 bits per heavy atom. The number of nitrogens with one attached hydrogen (secondary N) is 1. The van der Waals surface area contributed by atoms with Gasteiger partial charge >= 0.3 is 0 Å². The Kier molecular flexibility index (Phi) is 4.52. The Hall–Kier alpha value is -1.31. The topological polar surface area (TPSA) is 68.3 Å². The molecule has 1 N–H and O–H groups in total. The third-order valence-corrected chi connectivity index (χ3v) is 4.54. The van der Waals surface area contributed by atoms with Crippen LogP contribution in [0.4, 0.5) is 5.82 Å². The van der Waals surface area contributed by atoms with E-state index in [2.05, 4.69) is 25.6 Å². The zero-order valence-corrected chi connectivity index (χ0v) is 13.5. The number of aromatic nitrogens is 1. The number of rotatable bonds is 4. The second-order valence-electron chi connectivity index (χ2n) is 3.76. The standard InChI is InChI=1S/C12H10BrClN2O3S/c1-19-11-3-2-9(7-10(11)14)20(17,18)16-12-6-8(13)4-5-15-12/h2-7H,1H3,(H,15,16). The number of hydrogen-bond donors (Lipinski definition) is 1. The molecule has 1 aromatic carbocycles. The van der Waals surface area contributed by atoms with E-state index in [9.17, 15) is 8.42 Å². The molecule has 106 valence electrons. The van der Waals surface area contributed by atoms with E-state index in [1.807, 2.05) is 0 Å². The van der Waals surface area contributed by atoms with Crippen LogP contribution in [0.3, 0.4) is 0 Å². The van der Waals surface area contributed by atoms with Gasteiger partial charge in [-0.25, -0.2) is 13.4 Å². The molecule has 1 heterocycles. The molecule has 2 aromatic rings. The Labute approximate surface area is 130 Å². The summed E-state index contributed by atoms with van der Waals surface area (Å²) in [7, 11) is -2.29. The van der Waals surface area contributed by atoms with E-state index in [4.69, 9.17) is 16.3 Å². The molecular weight excluding hydrogens is 368 g/mol. The molecule has 0 amide bonds. The van der Waals surface area contributed by atoms with Crippen molar-refractivity contribution < 1.29 is 13.2 Å². The van der Waals surface area contributed by atoms with Crippen molar-refractivity contribution in [2.75, 3.05) is 11.8 Å². The van der Waals surface area contributed by atoms with Gasteiger partial charge in [0.05, 0.1) is 17.0 Å². The van der Waals surface area contributed by atoms with E-state index in [1.165, 1.54) is 31.5 Å². The Balaban J connectivity index is 2.33. The molecule has 0 bridgehead atoms. The summed E-state index contributed by atoms with van der Waals surface area (Å²) in [6.07, 6.45) is 1.49. The number of pyridine rings is 1. The molecule has 8 heteroatoms. The highest BCUT2D eigenvalue weighted by Crippen LogP contribution is 2.27. The van der Waals surface area contributed by atoms with Crippen molar-refractivity contribution in [3.8, 4) is 5.75 Å². The van der Waals surface area contributed by atoms with Gasteiger partial charge in [-0.05, 0) is 30.3 Å². The summed E-state index contributed by atoms with van der Waals surface area (Å²) in [6.45, 7) is 0. The van der Waals surface area contributed by atoms with Crippen molar-refractivity contribution in [2.24, 2.45) is 0 Å². The smallest absolute Gasteiger partial charge is 0.263 e. The summed E-state index contributed by atoms with van der Waals surface area (Å²) < 4.78 is 32.5. The average Bonchev–Trinajstić information content (AvgIpc) is 2.38. The van der Waals surface area contributed by atoms with Gasteiger partial charge < -0.3 is 4.74 Å². The van der Waals surface area contributed by atoms with Crippen LogP contribution in [0.25, 0.3) is 0 Å². The summed E-state index contributed by atoms with van der Waals surface area (Å²) in [5.74, 6) is 0.623. The van der Waals surface area contributed by atoms with Crippen molar-refractivity contribution in [1.29, 1.82) is 0 Å². The molecule has 2 rings (SSSR count). The number of nitrogens with zero attached hydrogens (tertiary/aromatic N) is 1. The van der Waals surface area contributed by atoms with Crippen molar-refractivity contribution in [3.05, 3.63) is 46.0 Å². The molecule has 0 unspecified atom stereocenters. The molecular formula is C12H10BrClN2O3S. The van der Waals surface area contributed by atoms with Gasteiger partial charge in [-0.3, -0.25) is 4.72 Å². The predicted octanol–water partition coefficient (Wildman–Crippen LogP) is 3.31. The SMILES string of the molecule is COc1ccc(S(=O)(=O)Nc2cc(Br)ccn2)cc1Cl. The summed E-state index contributed by atoms with van der Waals surface area (Å²) in [5, 5.41) is 0.220. The molecule has 5 nitrogen and oxygen atoms in total. The van der Waals surface area contributed by atoms with Crippen LogP contribution in [0.15, 0.2) is 45.9 Å². The number of sulfonamides is 1. The Morgan fingerprint density at radius 1 is 1.30 bits per heavy atom. The first-order chi connectivity index (χ1) is 9.42. The van der Waals surface area contributed by atoms with Crippen molar-refractivity contribution in [3.63, 3.8) is 0 Å². The molecule has 0 atom stereocenters. The molecule has 0 saturated heterocycles. The second-order valence-corrected chi connectivity index (χ2v) is 6.77. The first-order valence-electron chi connectivity index (χ1n) is 5.40. The maximum atomic E-state index is 12.2. The zero-order valence-electron chi connectivity index (χ0n) is 10.3. The fourth-order valence-electron chi connectivity index (χ4n) is 1.47. The maximum absolute atomic E-state index is 12.2. The minimum Gasteiger partial charge on any atom is -0.495 e. The Bertz CT molecular complexity index is 737. The van der Waals surface area contributed by atoms with E-state index in [1.54, 1.807) is 12.1 Å². The van der Waals surface area contributed by atoms with Gasteiger partial charge in [0.1, 0.15) is 11.6 Å². The minimum atomic E-state index is -3.75. The van der Waals surface area contributed by atoms with Crippen LogP contribution in [0, 0.1) is 0 Å². The van der Waals surface area contributed by atoms with E-state index >= 15 is 0 Å².